The number of anilines is 2. The van der Waals surface area contributed by atoms with E-state index >= 15 is 0 Å². The number of benzene rings is 3. The van der Waals surface area contributed by atoms with Crippen molar-refractivity contribution in [3.63, 3.8) is 0 Å². The second kappa shape index (κ2) is 11.9. The van der Waals surface area contributed by atoms with Crippen molar-refractivity contribution in [2.75, 3.05) is 16.8 Å². The predicted molar refractivity (Wildman–Crippen MR) is 179 cm³/mol. The van der Waals surface area contributed by atoms with Crippen molar-refractivity contribution in [2.45, 2.75) is 28.8 Å². The number of thiazole rings is 1. The van der Waals surface area contributed by atoms with Gasteiger partial charge in [0.1, 0.15) is 5.75 Å². The van der Waals surface area contributed by atoms with Crippen molar-refractivity contribution in [1.82, 2.24) is 4.98 Å². The smallest absolute Gasteiger partial charge is 0.416 e. The second-order valence-electron chi connectivity index (χ2n) is 12.5. The number of halogens is 5. The van der Waals surface area contributed by atoms with Crippen molar-refractivity contribution < 1.29 is 32.3 Å². The van der Waals surface area contributed by atoms with Gasteiger partial charge in [0.15, 0.2) is 6.61 Å². The largest absolute Gasteiger partial charge is 0.483 e. The third-order valence-corrected chi connectivity index (χ3v) is 13.0. The number of carbonyl (C=O) groups excluding carboxylic acids is 3. The number of rotatable bonds is 6. The Morgan fingerprint density at radius 3 is 2.41 bits per heavy atom. The molecule has 3 amide bonds. The molecule has 7 atom stereocenters. The van der Waals surface area contributed by atoms with Crippen LogP contribution in [0.2, 0.25) is 10.0 Å². The van der Waals surface area contributed by atoms with E-state index in [0.29, 0.717) is 38.5 Å². The van der Waals surface area contributed by atoms with Gasteiger partial charge in [-0.1, -0.05) is 40.6 Å². The number of nitrogens with zero attached hydrogens (tertiary/aromatic N) is 1. The molecule has 8 nitrogen and oxygen atoms in total. The molecular weight excluding hydrogens is 722 g/mol. The summed E-state index contributed by atoms with van der Waals surface area (Å²) in [5.41, 5.74) is 0.124. The number of amides is 3. The van der Waals surface area contributed by atoms with E-state index in [1.54, 1.807) is 42.5 Å². The number of nitrogens with one attached hydrogen (secondary N) is 2. The first-order valence-corrected chi connectivity index (χ1v) is 17.8. The lowest BCUT2D eigenvalue weighted by Gasteiger charge is -2.43. The van der Waals surface area contributed by atoms with Crippen molar-refractivity contribution >= 4 is 75.4 Å². The Labute approximate surface area is 294 Å². The van der Waals surface area contributed by atoms with Gasteiger partial charge in [-0.05, 0) is 84.8 Å². The lowest BCUT2D eigenvalue weighted by molar-refractivity contribution is -0.137. The fourth-order valence-electron chi connectivity index (χ4n) is 8.21. The van der Waals surface area contributed by atoms with Crippen molar-refractivity contribution in [2.24, 2.45) is 29.6 Å². The molecule has 3 aromatic carbocycles. The number of hydrogen-bond acceptors (Lipinski definition) is 7. The highest BCUT2D eigenvalue weighted by Gasteiger charge is 2.70. The average molecular weight is 747 g/mol. The molecule has 2 bridgehead atoms. The number of H-pyrrole nitrogens is 1. The molecule has 49 heavy (non-hydrogen) atoms. The number of aromatic amines is 1. The molecule has 2 aliphatic heterocycles. The Balaban J connectivity index is 1.13. The van der Waals surface area contributed by atoms with E-state index in [4.69, 9.17) is 27.9 Å². The molecule has 8 rings (SSSR count). The Morgan fingerprint density at radius 2 is 1.67 bits per heavy atom. The molecule has 4 aromatic rings. The van der Waals surface area contributed by atoms with E-state index in [9.17, 15) is 32.3 Å². The van der Waals surface area contributed by atoms with E-state index in [0.717, 1.165) is 33.2 Å². The van der Waals surface area contributed by atoms with Crippen LogP contribution >= 0.6 is 46.3 Å². The molecular formula is C34H24Cl2F3N3O5S2. The van der Waals surface area contributed by atoms with Crippen LogP contribution in [0.1, 0.15) is 28.3 Å². The van der Waals surface area contributed by atoms with E-state index < -0.39 is 47.2 Å². The van der Waals surface area contributed by atoms with Crippen LogP contribution in [-0.2, 0) is 20.6 Å². The molecule has 252 valence electrons. The lowest BCUT2D eigenvalue weighted by atomic mass is 9.68. The van der Waals surface area contributed by atoms with E-state index in [2.05, 4.69) is 10.3 Å². The van der Waals surface area contributed by atoms with Crippen LogP contribution in [0.15, 0.2) is 76.6 Å². The van der Waals surface area contributed by atoms with Gasteiger partial charge in [-0.3, -0.25) is 24.1 Å². The minimum atomic E-state index is -4.64. The summed E-state index contributed by atoms with van der Waals surface area (Å²) in [5.74, 6) is -3.77. The van der Waals surface area contributed by atoms with E-state index in [-0.39, 0.29) is 40.2 Å². The van der Waals surface area contributed by atoms with Gasteiger partial charge in [-0.25, -0.2) is 0 Å². The van der Waals surface area contributed by atoms with Crippen molar-refractivity contribution in [1.29, 1.82) is 0 Å². The molecule has 3 fully saturated rings. The van der Waals surface area contributed by atoms with Crippen LogP contribution in [0.5, 0.6) is 5.75 Å². The Kier molecular flexibility index (Phi) is 7.89. The zero-order valence-corrected chi connectivity index (χ0v) is 28.1. The van der Waals surface area contributed by atoms with Gasteiger partial charge in [0.05, 0.1) is 28.1 Å². The highest BCUT2D eigenvalue weighted by atomic mass is 35.5. The topological polar surface area (TPSA) is 109 Å². The summed E-state index contributed by atoms with van der Waals surface area (Å²) in [5, 5.41) is 4.15. The number of fused-ring (bicyclic) bond motifs is 9. The summed E-state index contributed by atoms with van der Waals surface area (Å²) >= 11 is 15.0. The van der Waals surface area contributed by atoms with E-state index in [1.165, 1.54) is 23.9 Å². The molecule has 0 unspecified atom stereocenters. The third kappa shape index (κ3) is 5.45. The fraction of sp³-hybridized carbons (Fsp3) is 0.294. The fourth-order valence-corrected chi connectivity index (χ4v) is 11.4. The van der Waals surface area contributed by atoms with Gasteiger partial charge in [0.2, 0.25) is 11.8 Å². The number of thioether (sulfide) groups is 1. The van der Waals surface area contributed by atoms with Crippen LogP contribution in [-0.4, -0.2) is 34.6 Å². The van der Waals surface area contributed by atoms with Crippen LogP contribution in [0.25, 0.3) is 0 Å². The van der Waals surface area contributed by atoms with E-state index in [1.807, 2.05) is 0 Å². The van der Waals surface area contributed by atoms with Crippen LogP contribution in [0.4, 0.5) is 24.5 Å². The minimum Gasteiger partial charge on any atom is -0.483 e. The predicted octanol–water partition coefficient (Wildman–Crippen LogP) is 7.46. The Bertz CT molecular complexity index is 2090. The molecule has 0 radical (unpaired) electrons. The first-order chi connectivity index (χ1) is 23.4. The molecule has 15 heteroatoms. The van der Waals surface area contributed by atoms with Gasteiger partial charge < -0.3 is 15.0 Å². The number of alkyl halides is 3. The number of aromatic nitrogens is 1. The summed E-state index contributed by atoms with van der Waals surface area (Å²) in [6.45, 7) is -0.335. The maximum Gasteiger partial charge on any atom is 0.416 e. The normalized spacial score (nSPS) is 26.8. The third-order valence-electron chi connectivity index (χ3n) is 9.95. The SMILES string of the molecule is O=C(COc1ccc(Cl)cc1[C@@H]1c2sc(=O)[nH]c2S[C@@H]2[C@@H]3C[C@@H]([C@@H]4C(=O)N(c5cccc(C(F)(F)F)c5)C(=O)[C@@H]34)[C@H]12)Nc1ccc(Cl)cc1. The summed E-state index contributed by atoms with van der Waals surface area (Å²) in [7, 11) is 0. The van der Waals surface area contributed by atoms with Gasteiger partial charge >= 0.3 is 11.0 Å². The summed E-state index contributed by atoms with van der Waals surface area (Å²) < 4.78 is 46.8. The van der Waals surface area contributed by atoms with Gasteiger partial charge in [-0.15, -0.1) is 11.8 Å². The van der Waals surface area contributed by atoms with Crippen LogP contribution in [0.3, 0.4) is 0 Å². The summed E-state index contributed by atoms with van der Waals surface area (Å²) in [6.07, 6.45) is -4.07. The van der Waals surface area contributed by atoms with Crippen molar-refractivity contribution in [3.8, 4) is 5.75 Å². The average Bonchev–Trinajstić information content (AvgIpc) is 3.80. The second-order valence-corrected chi connectivity index (χ2v) is 15.6. The highest BCUT2D eigenvalue weighted by molar-refractivity contribution is 8.00. The molecule has 1 aromatic heterocycles. The molecule has 0 spiro atoms. The molecule has 2 N–H and O–H groups in total. The standard InChI is InChI=1S/C34H24Cl2F3N3O5S2/c35-15-4-7-17(8-5-15)40-23(43)13-47-22-9-6-16(36)11-19(22)24-25-20-12-21(28(25)48-30-29(24)49-33(46)41-30)27-26(20)31(44)42(32(27)45)18-3-1-2-14(10-18)34(37,38)39/h1-11,20-21,24-28H,12-13H2,(H,40,43)(H,41,46)/t20-,21-,24+,25-,26+,27+,28-/m1/s1. The maximum atomic E-state index is 14.0. The first-order valence-electron chi connectivity index (χ1n) is 15.3. The minimum absolute atomic E-state index is 0.100. The van der Waals surface area contributed by atoms with Crippen LogP contribution < -0.4 is 19.8 Å². The number of hydrogen-bond donors (Lipinski definition) is 2. The highest BCUT2D eigenvalue weighted by Crippen LogP contribution is 2.69. The number of ether oxygens (including phenoxy) is 1. The Hall–Kier alpha value is -3.78. The van der Waals surface area contributed by atoms with Gasteiger partial charge in [0, 0.05) is 37.3 Å². The molecule has 1 saturated heterocycles. The quantitative estimate of drug-likeness (QED) is 0.199. The lowest BCUT2D eigenvalue weighted by Crippen LogP contribution is -2.42. The maximum absolute atomic E-state index is 14.0. The molecule has 2 aliphatic carbocycles. The number of carbonyl (C=O) groups is 3. The summed E-state index contributed by atoms with van der Waals surface area (Å²) in [6, 6.07) is 15.9. The number of imide groups is 1. The molecule has 4 aliphatic rings. The van der Waals surface area contributed by atoms with Crippen LogP contribution in [0, 0.1) is 29.6 Å². The molecule has 3 heterocycles. The van der Waals surface area contributed by atoms with Gasteiger partial charge in [0.25, 0.3) is 5.91 Å². The summed E-state index contributed by atoms with van der Waals surface area (Å²) in [4.78, 5) is 57.9. The zero-order valence-electron chi connectivity index (χ0n) is 25.0. The van der Waals surface area contributed by atoms with Crippen molar-refractivity contribution in [3.05, 3.63) is 102 Å². The van der Waals surface area contributed by atoms with Gasteiger partial charge in [-0.2, -0.15) is 13.2 Å². The zero-order chi connectivity index (χ0) is 34.4. The monoisotopic (exact) mass is 745 g/mol. The first kappa shape index (κ1) is 32.4. The Morgan fingerprint density at radius 1 is 0.959 bits per heavy atom. The molecule has 2 saturated carbocycles.